The van der Waals surface area contributed by atoms with Crippen LogP contribution in [0.2, 0.25) is 0 Å². The third-order valence-corrected chi connectivity index (χ3v) is 4.60. The molecule has 3 atom stereocenters. The Labute approximate surface area is 134 Å². The van der Waals surface area contributed by atoms with E-state index < -0.39 is 0 Å². The number of amides is 2. The van der Waals surface area contributed by atoms with Crippen molar-refractivity contribution in [2.75, 3.05) is 19.8 Å². The van der Waals surface area contributed by atoms with Gasteiger partial charge in [-0.2, -0.15) is 0 Å². The van der Waals surface area contributed by atoms with Crippen molar-refractivity contribution < 1.29 is 15.0 Å². The molecule has 5 nitrogen and oxygen atoms in total. The van der Waals surface area contributed by atoms with Crippen LogP contribution in [-0.2, 0) is 0 Å². The molecule has 0 radical (unpaired) electrons. The molecule has 0 bridgehead atoms. The predicted molar refractivity (Wildman–Crippen MR) is 88.6 cm³/mol. The number of carbonyl (C=O) groups is 1. The second-order valence-electron chi connectivity index (χ2n) is 7.05. The number of hydrogen-bond donors (Lipinski definition) is 4. The van der Waals surface area contributed by atoms with Crippen LogP contribution in [0.4, 0.5) is 4.79 Å². The molecule has 4 N–H and O–H groups in total. The highest BCUT2D eigenvalue weighted by Gasteiger charge is 2.24. The molecule has 22 heavy (non-hydrogen) atoms. The SMILES string of the molecule is CC(C)CC(CCO)CNC(=O)NC1CCCCCC1CO. The summed E-state index contributed by atoms with van der Waals surface area (Å²) in [5.41, 5.74) is 0. The lowest BCUT2D eigenvalue weighted by Crippen LogP contribution is -2.47. The monoisotopic (exact) mass is 314 g/mol. The van der Waals surface area contributed by atoms with Gasteiger partial charge in [-0.25, -0.2) is 4.79 Å². The Kier molecular flexibility index (Phi) is 9.48. The van der Waals surface area contributed by atoms with Crippen LogP contribution in [0.5, 0.6) is 0 Å². The van der Waals surface area contributed by atoms with Gasteiger partial charge in [-0.15, -0.1) is 0 Å². The Morgan fingerprint density at radius 3 is 2.55 bits per heavy atom. The van der Waals surface area contributed by atoms with Crippen molar-refractivity contribution in [1.29, 1.82) is 0 Å². The maximum atomic E-state index is 12.1. The summed E-state index contributed by atoms with van der Waals surface area (Å²) in [6.45, 7) is 5.21. The first kappa shape index (κ1) is 19.2. The molecule has 1 aliphatic carbocycles. The molecule has 1 aliphatic rings. The minimum Gasteiger partial charge on any atom is -0.396 e. The summed E-state index contributed by atoms with van der Waals surface area (Å²) in [5, 5.41) is 24.6. The second-order valence-corrected chi connectivity index (χ2v) is 7.05. The zero-order chi connectivity index (χ0) is 16.4. The van der Waals surface area contributed by atoms with Gasteiger partial charge in [-0.05, 0) is 37.5 Å². The van der Waals surface area contributed by atoms with Gasteiger partial charge in [0.15, 0.2) is 0 Å². The van der Waals surface area contributed by atoms with Gasteiger partial charge >= 0.3 is 6.03 Å². The molecule has 1 rings (SSSR count). The van der Waals surface area contributed by atoms with Crippen LogP contribution in [0.3, 0.4) is 0 Å². The van der Waals surface area contributed by atoms with Gasteiger partial charge in [0.05, 0.1) is 0 Å². The van der Waals surface area contributed by atoms with Crippen molar-refractivity contribution in [2.45, 2.75) is 64.8 Å². The summed E-state index contributed by atoms with van der Waals surface area (Å²) in [5.74, 6) is 1.05. The lowest BCUT2D eigenvalue weighted by atomic mass is 9.94. The maximum absolute atomic E-state index is 12.1. The number of aliphatic hydroxyl groups excluding tert-OH is 2. The van der Waals surface area contributed by atoms with Crippen molar-refractivity contribution in [3.8, 4) is 0 Å². The van der Waals surface area contributed by atoms with E-state index in [0.29, 0.717) is 18.4 Å². The van der Waals surface area contributed by atoms with Crippen LogP contribution in [0.25, 0.3) is 0 Å². The Morgan fingerprint density at radius 2 is 1.91 bits per heavy atom. The van der Waals surface area contributed by atoms with Crippen LogP contribution in [0.15, 0.2) is 0 Å². The molecule has 5 heteroatoms. The summed E-state index contributed by atoms with van der Waals surface area (Å²) in [6, 6.07) is -0.0639. The van der Waals surface area contributed by atoms with Gasteiger partial charge in [0.2, 0.25) is 0 Å². The molecule has 2 amide bonds. The van der Waals surface area contributed by atoms with Gasteiger partial charge in [-0.1, -0.05) is 33.1 Å². The molecule has 0 saturated heterocycles. The smallest absolute Gasteiger partial charge is 0.315 e. The third kappa shape index (κ3) is 7.45. The second kappa shape index (κ2) is 10.8. The van der Waals surface area contributed by atoms with Gasteiger partial charge in [0.1, 0.15) is 0 Å². The fourth-order valence-corrected chi connectivity index (χ4v) is 3.40. The van der Waals surface area contributed by atoms with Crippen LogP contribution < -0.4 is 10.6 Å². The zero-order valence-electron chi connectivity index (χ0n) is 14.2. The first-order chi connectivity index (χ1) is 10.6. The fourth-order valence-electron chi connectivity index (χ4n) is 3.40. The molecule has 0 aromatic rings. The van der Waals surface area contributed by atoms with E-state index in [2.05, 4.69) is 24.5 Å². The minimum absolute atomic E-state index is 0.0777. The fraction of sp³-hybridized carbons (Fsp3) is 0.941. The number of urea groups is 1. The average Bonchev–Trinajstić information content (AvgIpc) is 2.69. The highest BCUT2D eigenvalue weighted by molar-refractivity contribution is 5.74. The molecule has 130 valence electrons. The quantitative estimate of drug-likeness (QED) is 0.519. The van der Waals surface area contributed by atoms with E-state index in [9.17, 15) is 9.90 Å². The van der Waals surface area contributed by atoms with Crippen LogP contribution in [0.1, 0.15) is 58.8 Å². The van der Waals surface area contributed by atoms with Crippen LogP contribution in [-0.4, -0.2) is 42.0 Å². The summed E-state index contributed by atoms with van der Waals surface area (Å²) < 4.78 is 0. The maximum Gasteiger partial charge on any atom is 0.315 e. The molecular weight excluding hydrogens is 280 g/mol. The van der Waals surface area contributed by atoms with E-state index in [0.717, 1.165) is 38.5 Å². The Bertz CT molecular complexity index is 310. The molecule has 0 aromatic heterocycles. The molecule has 1 fully saturated rings. The molecule has 0 aromatic carbocycles. The minimum atomic E-state index is -0.142. The van der Waals surface area contributed by atoms with Crippen molar-refractivity contribution in [1.82, 2.24) is 10.6 Å². The first-order valence-corrected chi connectivity index (χ1v) is 8.82. The van der Waals surface area contributed by atoms with Crippen LogP contribution in [0, 0.1) is 17.8 Å². The molecule has 3 unspecified atom stereocenters. The standard InChI is InChI=1S/C17H34N2O3/c1-13(2)10-14(8-9-20)11-18-17(22)19-16-7-5-3-4-6-15(16)12-21/h13-16,20-21H,3-12H2,1-2H3,(H2,18,19,22). The van der Waals surface area contributed by atoms with Gasteiger partial charge < -0.3 is 20.8 Å². The van der Waals surface area contributed by atoms with Gasteiger partial charge in [-0.3, -0.25) is 0 Å². The molecule has 0 heterocycles. The van der Waals surface area contributed by atoms with Crippen molar-refractivity contribution >= 4 is 6.03 Å². The highest BCUT2D eigenvalue weighted by Crippen LogP contribution is 2.23. The molecule has 1 saturated carbocycles. The summed E-state index contributed by atoms with van der Waals surface area (Å²) >= 11 is 0. The largest absolute Gasteiger partial charge is 0.396 e. The highest BCUT2D eigenvalue weighted by atomic mass is 16.3. The lowest BCUT2D eigenvalue weighted by molar-refractivity contribution is 0.178. The lowest BCUT2D eigenvalue weighted by Gasteiger charge is -2.25. The third-order valence-electron chi connectivity index (χ3n) is 4.60. The number of carbonyl (C=O) groups excluding carboxylic acids is 1. The first-order valence-electron chi connectivity index (χ1n) is 8.82. The zero-order valence-corrected chi connectivity index (χ0v) is 14.2. The van der Waals surface area contributed by atoms with Crippen LogP contribution >= 0.6 is 0 Å². The van der Waals surface area contributed by atoms with Gasteiger partial charge in [0.25, 0.3) is 0 Å². The Hall–Kier alpha value is -0.810. The van der Waals surface area contributed by atoms with Crippen molar-refractivity contribution in [3.63, 3.8) is 0 Å². The summed E-state index contributed by atoms with van der Waals surface area (Å²) in [6.07, 6.45) is 7.10. The predicted octanol–water partition coefficient (Wildman–Crippen LogP) is 2.27. The van der Waals surface area contributed by atoms with Crippen molar-refractivity contribution in [3.05, 3.63) is 0 Å². The topological polar surface area (TPSA) is 81.6 Å². The van der Waals surface area contributed by atoms with E-state index in [1.807, 2.05) is 0 Å². The number of aliphatic hydroxyl groups is 2. The number of rotatable bonds is 8. The number of hydrogen-bond acceptors (Lipinski definition) is 3. The molecule has 0 spiro atoms. The Morgan fingerprint density at radius 1 is 1.18 bits per heavy atom. The van der Waals surface area contributed by atoms with Crippen molar-refractivity contribution in [2.24, 2.45) is 17.8 Å². The van der Waals surface area contributed by atoms with E-state index in [1.165, 1.54) is 6.42 Å². The Balaban J connectivity index is 2.39. The number of nitrogens with one attached hydrogen (secondary N) is 2. The van der Waals surface area contributed by atoms with E-state index in [1.54, 1.807) is 0 Å². The average molecular weight is 314 g/mol. The summed E-state index contributed by atoms with van der Waals surface area (Å²) in [7, 11) is 0. The molecule has 0 aliphatic heterocycles. The van der Waals surface area contributed by atoms with E-state index in [4.69, 9.17) is 5.11 Å². The van der Waals surface area contributed by atoms with Gasteiger partial charge in [0, 0.05) is 31.7 Å². The van der Waals surface area contributed by atoms with E-state index >= 15 is 0 Å². The normalized spacial score (nSPS) is 23.9. The summed E-state index contributed by atoms with van der Waals surface area (Å²) in [4.78, 5) is 12.1. The van der Waals surface area contributed by atoms with E-state index in [-0.39, 0.29) is 31.2 Å². The molecular formula is C17H34N2O3.